The number of rotatable bonds is 3. The number of nitrogens with one attached hydrogen (secondary N) is 1. The van der Waals surface area contributed by atoms with E-state index in [0.717, 1.165) is 0 Å². The highest BCUT2D eigenvalue weighted by Gasteiger charge is 2.13. The van der Waals surface area contributed by atoms with Gasteiger partial charge in [0.15, 0.2) is 5.75 Å². The second-order valence-corrected chi connectivity index (χ2v) is 3.47. The number of nitro groups is 1. The summed E-state index contributed by atoms with van der Waals surface area (Å²) >= 11 is 0. The standard InChI is InChI=1S/C10H9N3O4/c14-9-2-1-7(5-8(9)13(16)17)6-12-4-3-11-10(12)15/h1-5,14H,6H2,(H,11,15). The molecule has 0 amide bonds. The maximum Gasteiger partial charge on any atom is 0.325 e. The summed E-state index contributed by atoms with van der Waals surface area (Å²) in [5.74, 6) is -0.389. The molecule has 0 bridgehead atoms. The minimum Gasteiger partial charge on any atom is -0.502 e. The Morgan fingerprint density at radius 2 is 2.24 bits per heavy atom. The SMILES string of the molecule is O=c1[nH]ccn1Cc1ccc(O)c([N+](=O)[O-])c1. The zero-order valence-corrected chi connectivity index (χ0v) is 8.66. The fourth-order valence-corrected chi connectivity index (χ4v) is 1.48. The van der Waals surface area contributed by atoms with Crippen LogP contribution in [-0.4, -0.2) is 19.6 Å². The molecule has 88 valence electrons. The Hall–Kier alpha value is -2.57. The minimum atomic E-state index is -0.668. The third-order valence-corrected chi connectivity index (χ3v) is 2.31. The lowest BCUT2D eigenvalue weighted by atomic mass is 10.2. The molecular weight excluding hydrogens is 226 g/mol. The molecule has 0 fully saturated rings. The van der Waals surface area contributed by atoms with Crippen LogP contribution in [0, 0.1) is 10.1 Å². The summed E-state index contributed by atoms with van der Waals surface area (Å²) in [6.07, 6.45) is 3.03. The number of benzene rings is 1. The molecule has 0 spiro atoms. The summed E-state index contributed by atoms with van der Waals surface area (Å²) in [4.78, 5) is 23.6. The number of nitrogens with zero attached hydrogens (tertiary/aromatic N) is 2. The van der Waals surface area contributed by atoms with Gasteiger partial charge in [-0.05, 0) is 11.6 Å². The van der Waals surface area contributed by atoms with Crippen LogP contribution in [0.1, 0.15) is 5.56 Å². The average molecular weight is 235 g/mol. The van der Waals surface area contributed by atoms with Crippen molar-refractivity contribution in [2.24, 2.45) is 0 Å². The van der Waals surface area contributed by atoms with E-state index in [2.05, 4.69) is 4.98 Å². The molecular formula is C10H9N3O4. The molecule has 2 aromatic rings. The van der Waals surface area contributed by atoms with Crippen LogP contribution in [0.5, 0.6) is 5.75 Å². The van der Waals surface area contributed by atoms with E-state index in [1.807, 2.05) is 0 Å². The number of aromatic hydroxyl groups is 1. The summed E-state index contributed by atoms with van der Waals surface area (Å²) in [6, 6.07) is 4.02. The fraction of sp³-hybridized carbons (Fsp3) is 0.100. The van der Waals surface area contributed by atoms with Crippen molar-refractivity contribution in [2.75, 3.05) is 0 Å². The van der Waals surface area contributed by atoms with Crippen LogP contribution in [0.4, 0.5) is 5.69 Å². The first-order valence-corrected chi connectivity index (χ1v) is 4.78. The lowest BCUT2D eigenvalue weighted by Gasteiger charge is -2.02. The van der Waals surface area contributed by atoms with Gasteiger partial charge in [-0.2, -0.15) is 0 Å². The molecule has 1 heterocycles. The van der Waals surface area contributed by atoms with E-state index in [-0.39, 0.29) is 23.7 Å². The third-order valence-electron chi connectivity index (χ3n) is 2.31. The summed E-state index contributed by atoms with van der Waals surface area (Å²) in [7, 11) is 0. The Morgan fingerprint density at radius 3 is 2.82 bits per heavy atom. The number of phenolic OH excluding ortho intramolecular Hbond substituents is 1. The van der Waals surface area contributed by atoms with Crippen LogP contribution in [0.25, 0.3) is 0 Å². The summed E-state index contributed by atoms with van der Waals surface area (Å²) in [6.45, 7) is 0.212. The first kappa shape index (κ1) is 10.9. The van der Waals surface area contributed by atoms with Crippen molar-refractivity contribution < 1.29 is 10.0 Å². The van der Waals surface area contributed by atoms with Gasteiger partial charge in [-0.1, -0.05) is 6.07 Å². The highest BCUT2D eigenvalue weighted by Crippen LogP contribution is 2.26. The van der Waals surface area contributed by atoms with Gasteiger partial charge < -0.3 is 10.1 Å². The van der Waals surface area contributed by atoms with Crippen molar-refractivity contribution in [3.63, 3.8) is 0 Å². The van der Waals surface area contributed by atoms with Gasteiger partial charge in [0.1, 0.15) is 0 Å². The fourth-order valence-electron chi connectivity index (χ4n) is 1.48. The minimum absolute atomic E-state index is 0.212. The number of aromatic amines is 1. The van der Waals surface area contributed by atoms with E-state index in [1.165, 1.54) is 29.0 Å². The normalized spacial score (nSPS) is 10.4. The molecule has 0 saturated heterocycles. The first-order chi connectivity index (χ1) is 8.08. The molecule has 0 aliphatic rings. The molecule has 0 unspecified atom stereocenters. The topological polar surface area (TPSA) is 101 Å². The van der Waals surface area contributed by atoms with Crippen molar-refractivity contribution in [3.8, 4) is 5.75 Å². The van der Waals surface area contributed by atoms with Crippen LogP contribution in [0.3, 0.4) is 0 Å². The molecule has 0 aliphatic heterocycles. The Bertz CT molecular complexity index is 614. The Balaban J connectivity index is 2.35. The van der Waals surface area contributed by atoms with Gasteiger partial charge >= 0.3 is 11.4 Å². The van der Waals surface area contributed by atoms with Crippen molar-refractivity contribution in [1.82, 2.24) is 9.55 Å². The zero-order valence-electron chi connectivity index (χ0n) is 8.66. The Morgan fingerprint density at radius 1 is 1.47 bits per heavy atom. The van der Waals surface area contributed by atoms with Gasteiger partial charge in [-0.15, -0.1) is 0 Å². The molecule has 0 radical (unpaired) electrons. The zero-order chi connectivity index (χ0) is 12.4. The van der Waals surface area contributed by atoms with Crippen LogP contribution in [-0.2, 0) is 6.54 Å². The van der Waals surface area contributed by atoms with Crippen molar-refractivity contribution >= 4 is 5.69 Å². The smallest absolute Gasteiger partial charge is 0.325 e. The second-order valence-electron chi connectivity index (χ2n) is 3.47. The summed E-state index contributed by atoms with van der Waals surface area (Å²) in [5.41, 5.74) is -0.0944. The van der Waals surface area contributed by atoms with Crippen molar-refractivity contribution in [3.05, 3.63) is 56.8 Å². The average Bonchev–Trinajstić information content (AvgIpc) is 2.67. The van der Waals surface area contributed by atoms with E-state index >= 15 is 0 Å². The van der Waals surface area contributed by atoms with Gasteiger partial charge in [0.25, 0.3) is 0 Å². The van der Waals surface area contributed by atoms with Crippen LogP contribution in [0.2, 0.25) is 0 Å². The van der Waals surface area contributed by atoms with Gasteiger partial charge in [0.2, 0.25) is 0 Å². The summed E-state index contributed by atoms with van der Waals surface area (Å²) < 4.78 is 1.37. The molecule has 2 rings (SSSR count). The molecule has 1 aromatic heterocycles. The van der Waals surface area contributed by atoms with E-state index in [1.54, 1.807) is 6.20 Å². The maximum atomic E-state index is 11.2. The Kier molecular flexibility index (Phi) is 2.65. The summed E-state index contributed by atoms with van der Waals surface area (Å²) in [5, 5.41) is 19.9. The second kappa shape index (κ2) is 4.12. The van der Waals surface area contributed by atoms with Crippen molar-refractivity contribution in [1.29, 1.82) is 0 Å². The van der Waals surface area contributed by atoms with E-state index in [0.29, 0.717) is 5.56 Å². The van der Waals surface area contributed by atoms with Crippen LogP contribution < -0.4 is 5.69 Å². The third kappa shape index (κ3) is 2.17. The number of hydrogen-bond acceptors (Lipinski definition) is 4. The molecule has 0 saturated carbocycles. The Labute approximate surface area is 95.1 Å². The molecule has 1 aromatic carbocycles. The van der Waals surface area contributed by atoms with Gasteiger partial charge in [-0.25, -0.2) is 4.79 Å². The van der Waals surface area contributed by atoms with Crippen LogP contribution in [0.15, 0.2) is 35.4 Å². The number of imidazole rings is 1. The molecule has 7 heteroatoms. The number of phenols is 1. The number of H-pyrrole nitrogens is 1. The number of hydrogen-bond donors (Lipinski definition) is 2. The number of nitro benzene ring substituents is 1. The predicted molar refractivity (Wildman–Crippen MR) is 58.9 cm³/mol. The van der Waals surface area contributed by atoms with E-state index in [9.17, 15) is 20.0 Å². The van der Waals surface area contributed by atoms with Crippen molar-refractivity contribution in [2.45, 2.75) is 6.54 Å². The molecule has 0 aliphatic carbocycles. The predicted octanol–water partition coefficient (Wildman–Crippen LogP) is 0.838. The molecule has 7 nitrogen and oxygen atoms in total. The molecule has 2 N–H and O–H groups in total. The highest BCUT2D eigenvalue weighted by atomic mass is 16.6. The van der Waals surface area contributed by atoms with Gasteiger partial charge in [-0.3, -0.25) is 14.7 Å². The maximum absolute atomic E-state index is 11.2. The lowest BCUT2D eigenvalue weighted by molar-refractivity contribution is -0.385. The number of aromatic nitrogens is 2. The molecule has 0 atom stereocenters. The molecule has 17 heavy (non-hydrogen) atoms. The van der Waals surface area contributed by atoms with Crippen LogP contribution >= 0.6 is 0 Å². The van der Waals surface area contributed by atoms with Gasteiger partial charge in [0.05, 0.1) is 11.5 Å². The van der Waals surface area contributed by atoms with E-state index in [4.69, 9.17) is 0 Å². The lowest BCUT2D eigenvalue weighted by Crippen LogP contribution is -2.16. The largest absolute Gasteiger partial charge is 0.502 e. The first-order valence-electron chi connectivity index (χ1n) is 4.78. The van der Waals surface area contributed by atoms with E-state index < -0.39 is 4.92 Å². The highest BCUT2D eigenvalue weighted by molar-refractivity contribution is 5.47. The quantitative estimate of drug-likeness (QED) is 0.607. The monoisotopic (exact) mass is 235 g/mol. The van der Waals surface area contributed by atoms with Gasteiger partial charge in [0, 0.05) is 18.5 Å².